The molecule has 2 aromatic carbocycles. The number of aromatic hydroxyl groups is 1. The van der Waals surface area contributed by atoms with Gasteiger partial charge in [0.05, 0.1) is 8.07 Å². The maximum Gasteiger partial charge on any atom is 0.119 e. The Kier molecular flexibility index (Phi) is 5.47. The number of aryl methyl sites for hydroxylation is 1. The number of nitrogens with one attached hydrogen (secondary N) is 1. The standard InChI is InChI=1S/C19H27NOSSi/c1-13-11-18(21)14(2)15(3)19(13)22-12-23(5,6)17-9-7-16(20-4)8-10-17/h7-11,20-21H,12H2,1-6H3. The molecular formula is C19H27NOSSi. The number of hydrogen-bond donors (Lipinski definition) is 2. The zero-order chi connectivity index (χ0) is 17.2. The highest BCUT2D eigenvalue weighted by atomic mass is 32.2. The van der Waals surface area contributed by atoms with Crippen LogP contribution >= 0.6 is 11.8 Å². The predicted octanol–water partition coefficient (Wildman–Crippen LogP) is 4.61. The summed E-state index contributed by atoms with van der Waals surface area (Å²) < 4.78 is 0. The van der Waals surface area contributed by atoms with Gasteiger partial charge >= 0.3 is 0 Å². The van der Waals surface area contributed by atoms with Crippen LogP contribution in [-0.2, 0) is 0 Å². The minimum atomic E-state index is -1.50. The van der Waals surface area contributed by atoms with Crippen LogP contribution in [0.3, 0.4) is 0 Å². The fraction of sp³-hybridized carbons (Fsp3) is 0.368. The van der Waals surface area contributed by atoms with Crippen LogP contribution in [0.1, 0.15) is 16.7 Å². The summed E-state index contributed by atoms with van der Waals surface area (Å²) in [7, 11) is 0.448. The molecule has 0 unspecified atom stereocenters. The molecule has 124 valence electrons. The minimum absolute atomic E-state index is 0.406. The molecule has 0 saturated heterocycles. The molecule has 0 bridgehead atoms. The van der Waals surface area contributed by atoms with Crippen LogP contribution in [0.2, 0.25) is 13.1 Å². The van der Waals surface area contributed by atoms with Gasteiger partial charge in [-0.1, -0.05) is 30.4 Å². The molecule has 0 aromatic heterocycles. The Hall–Kier alpha value is -1.39. The molecule has 2 N–H and O–H groups in total. The first-order chi connectivity index (χ1) is 10.8. The van der Waals surface area contributed by atoms with Crippen molar-refractivity contribution >= 4 is 30.7 Å². The summed E-state index contributed by atoms with van der Waals surface area (Å²) in [6, 6.07) is 10.7. The average molecular weight is 346 g/mol. The van der Waals surface area contributed by atoms with Crippen LogP contribution < -0.4 is 10.5 Å². The maximum absolute atomic E-state index is 9.95. The monoisotopic (exact) mass is 345 g/mol. The Bertz CT molecular complexity index is 696. The van der Waals surface area contributed by atoms with Gasteiger partial charge in [-0.05, 0) is 61.0 Å². The van der Waals surface area contributed by atoms with Gasteiger partial charge in [0.1, 0.15) is 5.75 Å². The molecule has 0 heterocycles. The normalized spacial score (nSPS) is 11.6. The maximum atomic E-state index is 9.95. The van der Waals surface area contributed by atoms with Crippen molar-refractivity contribution in [3.8, 4) is 5.75 Å². The summed E-state index contributed by atoms with van der Waals surface area (Å²) in [5.74, 6) is 0.406. The third-order valence-corrected chi connectivity index (χ3v) is 10.8. The second kappa shape index (κ2) is 7.01. The SMILES string of the molecule is CNc1ccc([Si](C)(C)CSc2c(C)cc(O)c(C)c2C)cc1. The van der Waals surface area contributed by atoms with Crippen LogP contribution in [0.5, 0.6) is 5.75 Å². The molecule has 2 nitrogen and oxygen atoms in total. The van der Waals surface area contributed by atoms with E-state index in [2.05, 4.69) is 56.5 Å². The Labute approximate surface area is 145 Å². The molecule has 0 aliphatic rings. The Morgan fingerprint density at radius 2 is 1.65 bits per heavy atom. The molecule has 0 saturated carbocycles. The van der Waals surface area contributed by atoms with Crippen molar-refractivity contribution in [2.75, 3.05) is 17.7 Å². The molecule has 4 heteroatoms. The molecule has 2 rings (SSSR count). The van der Waals surface area contributed by atoms with E-state index in [1.165, 1.54) is 21.2 Å². The van der Waals surface area contributed by atoms with E-state index in [1.54, 1.807) is 0 Å². The Morgan fingerprint density at radius 3 is 2.22 bits per heavy atom. The second-order valence-electron chi connectivity index (χ2n) is 6.79. The highest BCUT2D eigenvalue weighted by Gasteiger charge is 2.24. The van der Waals surface area contributed by atoms with E-state index in [-0.39, 0.29) is 0 Å². The quantitative estimate of drug-likeness (QED) is 0.613. The largest absolute Gasteiger partial charge is 0.508 e. The van der Waals surface area contributed by atoms with Crippen molar-refractivity contribution < 1.29 is 5.11 Å². The number of thioether (sulfide) groups is 1. The van der Waals surface area contributed by atoms with E-state index in [9.17, 15) is 5.11 Å². The first kappa shape index (κ1) is 18.0. The van der Waals surface area contributed by atoms with Gasteiger partial charge in [-0.2, -0.15) is 0 Å². The van der Waals surface area contributed by atoms with Crippen molar-refractivity contribution in [3.63, 3.8) is 0 Å². The predicted molar refractivity (Wildman–Crippen MR) is 106 cm³/mol. The van der Waals surface area contributed by atoms with E-state index in [4.69, 9.17) is 0 Å². The summed E-state index contributed by atoms with van der Waals surface area (Å²) in [5.41, 5.74) is 4.54. The van der Waals surface area contributed by atoms with Crippen LogP contribution in [-0.4, -0.2) is 25.6 Å². The van der Waals surface area contributed by atoms with Gasteiger partial charge in [-0.25, -0.2) is 0 Å². The minimum Gasteiger partial charge on any atom is -0.508 e. The first-order valence-electron chi connectivity index (χ1n) is 7.97. The van der Waals surface area contributed by atoms with Gasteiger partial charge in [0.15, 0.2) is 0 Å². The van der Waals surface area contributed by atoms with Crippen molar-refractivity contribution in [3.05, 3.63) is 47.0 Å². The summed E-state index contributed by atoms with van der Waals surface area (Å²) in [6.07, 6.45) is 0. The van der Waals surface area contributed by atoms with Gasteiger partial charge in [0, 0.05) is 17.6 Å². The fourth-order valence-electron chi connectivity index (χ4n) is 2.68. The lowest BCUT2D eigenvalue weighted by atomic mass is 10.1. The number of rotatable bonds is 5. The molecule has 0 spiro atoms. The van der Waals surface area contributed by atoms with Gasteiger partial charge in [-0.15, -0.1) is 11.8 Å². The molecule has 23 heavy (non-hydrogen) atoms. The molecule has 0 atom stereocenters. The number of phenolic OH excluding ortho intramolecular Hbond substituents is 1. The first-order valence-corrected chi connectivity index (χ1v) is 12.2. The van der Waals surface area contributed by atoms with E-state index in [1.807, 2.05) is 31.8 Å². The van der Waals surface area contributed by atoms with Gasteiger partial charge < -0.3 is 10.4 Å². The van der Waals surface area contributed by atoms with Crippen molar-refractivity contribution in [1.82, 2.24) is 0 Å². The van der Waals surface area contributed by atoms with Crippen LogP contribution in [0, 0.1) is 20.8 Å². The summed E-state index contributed by atoms with van der Waals surface area (Å²) in [4.78, 5) is 1.33. The molecule has 0 radical (unpaired) electrons. The zero-order valence-corrected chi connectivity index (χ0v) is 16.8. The van der Waals surface area contributed by atoms with E-state index >= 15 is 0 Å². The molecule has 0 fully saturated rings. The summed E-state index contributed by atoms with van der Waals surface area (Å²) in [6.45, 7) is 11.0. The Balaban J connectivity index is 2.20. The number of hydrogen-bond acceptors (Lipinski definition) is 3. The summed E-state index contributed by atoms with van der Waals surface area (Å²) in [5, 5.41) is 15.7. The van der Waals surface area contributed by atoms with Crippen LogP contribution in [0.4, 0.5) is 5.69 Å². The van der Waals surface area contributed by atoms with E-state index < -0.39 is 8.07 Å². The van der Waals surface area contributed by atoms with Crippen LogP contribution in [0.25, 0.3) is 0 Å². The lowest BCUT2D eigenvalue weighted by Gasteiger charge is -2.24. The topological polar surface area (TPSA) is 32.3 Å². The third kappa shape index (κ3) is 3.93. The second-order valence-corrected chi connectivity index (χ2v) is 13.0. The van der Waals surface area contributed by atoms with Gasteiger partial charge in [-0.3, -0.25) is 0 Å². The number of phenols is 1. The molecule has 2 aromatic rings. The van der Waals surface area contributed by atoms with E-state index in [0.29, 0.717) is 5.75 Å². The summed E-state index contributed by atoms with van der Waals surface area (Å²) >= 11 is 1.94. The number of benzene rings is 2. The van der Waals surface area contributed by atoms with Crippen LogP contribution in [0.15, 0.2) is 35.2 Å². The smallest absolute Gasteiger partial charge is 0.119 e. The lowest BCUT2D eigenvalue weighted by molar-refractivity contribution is 0.469. The molecular weight excluding hydrogens is 318 g/mol. The van der Waals surface area contributed by atoms with Crippen molar-refractivity contribution in [2.24, 2.45) is 0 Å². The highest BCUT2D eigenvalue weighted by Crippen LogP contribution is 2.34. The average Bonchev–Trinajstić information content (AvgIpc) is 2.52. The zero-order valence-electron chi connectivity index (χ0n) is 14.9. The van der Waals surface area contributed by atoms with E-state index in [0.717, 1.165) is 16.6 Å². The van der Waals surface area contributed by atoms with Gasteiger partial charge in [0.25, 0.3) is 0 Å². The highest BCUT2D eigenvalue weighted by molar-refractivity contribution is 8.01. The van der Waals surface area contributed by atoms with Gasteiger partial charge in [0.2, 0.25) is 0 Å². The van der Waals surface area contributed by atoms with Crippen molar-refractivity contribution in [1.29, 1.82) is 0 Å². The number of anilines is 1. The van der Waals surface area contributed by atoms with Crippen molar-refractivity contribution in [2.45, 2.75) is 38.8 Å². The molecule has 0 aliphatic heterocycles. The lowest BCUT2D eigenvalue weighted by Crippen LogP contribution is -2.44. The molecule has 0 aliphatic carbocycles. The Morgan fingerprint density at radius 1 is 1.04 bits per heavy atom. The fourth-order valence-corrected chi connectivity index (χ4v) is 7.10. The molecule has 0 amide bonds. The third-order valence-electron chi connectivity index (χ3n) is 4.53.